The van der Waals surface area contributed by atoms with Crippen LogP contribution in [-0.4, -0.2) is 7.05 Å². The van der Waals surface area contributed by atoms with Crippen molar-refractivity contribution in [3.05, 3.63) is 59.2 Å². The zero-order valence-corrected chi connectivity index (χ0v) is 15.6. The second-order valence-corrected chi connectivity index (χ2v) is 5.27. The quantitative estimate of drug-likeness (QED) is 0.643. The summed E-state index contributed by atoms with van der Waals surface area (Å²) in [6, 6.07) is 16.2. The van der Waals surface area contributed by atoms with Crippen molar-refractivity contribution in [1.29, 1.82) is 5.26 Å². The number of aryl methyl sites for hydroxylation is 2. The Morgan fingerprint density at radius 1 is 0.870 bits per heavy atom. The molecule has 0 bridgehead atoms. The van der Waals surface area contributed by atoms with E-state index in [4.69, 9.17) is 5.26 Å². The maximum Gasteiger partial charge on any atom is 0.0991 e. The molecule has 0 spiro atoms. The minimum Gasteiger partial charge on any atom is -0.345 e. The van der Waals surface area contributed by atoms with Gasteiger partial charge in [-0.2, -0.15) is 5.26 Å². The average molecular weight is 310 g/mol. The summed E-state index contributed by atoms with van der Waals surface area (Å²) in [5.74, 6) is 0. The van der Waals surface area contributed by atoms with Crippen molar-refractivity contribution in [1.82, 2.24) is 0 Å². The number of benzene rings is 2. The van der Waals surface area contributed by atoms with Crippen molar-refractivity contribution in [3.8, 4) is 6.07 Å². The molecule has 2 rings (SSSR count). The summed E-state index contributed by atoms with van der Waals surface area (Å²) in [5, 5.41) is 8.79. The zero-order chi connectivity index (χ0) is 17.8. The third kappa shape index (κ3) is 7.02. The van der Waals surface area contributed by atoms with Gasteiger partial charge in [-0.1, -0.05) is 40.2 Å². The monoisotopic (exact) mass is 310 g/mol. The predicted octanol–water partition coefficient (Wildman–Crippen LogP) is 6.39. The van der Waals surface area contributed by atoms with E-state index in [-0.39, 0.29) is 0 Å². The fraction of sp³-hybridized carbons (Fsp3) is 0.381. The fourth-order valence-corrected chi connectivity index (χ4v) is 2.05. The first-order valence-corrected chi connectivity index (χ1v) is 8.34. The molecule has 2 aromatic rings. The van der Waals surface area contributed by atoms with Crippen molar-refractivity contribution in [2.24, 2.45) is 0 Å². The molecule has 0 atom stereocenters. The van der Waals surface area contributed by atoms with Crippen LogP contribution in [0.25, 0.3) is 0 Å². The highest BCUT2D eigenvalue weighted by Gasteiger charge is 2.05. The first-order valence-electron chi connectivity index (χ1n) is 8.34. The van der Waals surface area contributed by atoms with Crippen LogP contribution in [-0.2, 0) is 0 Å². The fourth-order valence-electron chi connectivity index (χ4n) is 2.05. The van der Waals surface area contributed by atoms with Gasteiger partial charge in [0.15, 0.2) is 0 Å². The molecular weight excluding hydrogens is 280 g/mol. The highest BCUT2D eigenvalue weighted by molar-refractivity contribution is 5.64. The largest absolute Gasteiger partial charge is 0.345 e. The number of hydrogen-bond donors (Lipinski definition) is 0. The Labute approximate surface area is 142 Å². The molecule has 0 aliphatic carbocycles. The van der Waals surface area contributed by atoms with Crippen LogP contribution in [0.2, 0.25) is 0 Å². The number of hydrogen-bond acceptors (Lipinski definition) is 2. The minimum atomic E-state index is 0.688. The van der Waals surface area contributed by atoms with Crippen LogP contribution in [0.4, 0.5) is 11.4 Å². The van der Waals surface area contributed by atoms with E-state index in [9.17, 15) is 0 Å². The molecule has 0 unspecified atom stereocenters. The van der Waals surface area contributed by atoms with E-state index < -0.39 is 0 Å². The average Bonchev–Trinajstić information content (AvgIpc) is 2.56. The normalized spacial score (nSPS) is 8.78. The topological polar surface area (TPSA) is 27.0 Å². The van der Waals surface area contributed by atoms with Crippen molar-refractivity contribution in [2.45, 2.75) is 48.0 Å². The molecule has 2 aromatic carbocycles. The Morgan fingerprint density at radius 3 is 1.70 bits per heavy atom. The molecule has 0 aliphatic rings. The number of nitriles is 1. The second-order valence-electron chi connectivity index (χ2n) is 5.27. The summed E-state index contributed by atoms with van der Waals surface area (Å²) in [4.78, 5) is 2.13. The number of anilines is 2. The summed E-state index contributed by atoms with van der Waals surface area (Å²) in [6.45, 7) is 12.5. The van der Waals surface area contributed by atoms with Crippen LogP contribution in [0.15, 0.2) is 42.5 Å². The van der Waals surface area contributed by atoms with Gasteiger partial charge < -0.3 is 4.90 Å². The molecule has 124 valence electrons. The van der Waals surface area contributed by atoms with E-state index in [1.807, 2.05) is 45.2 Å². The van der Waals surface area contributed by atoms with Gasteiger partial charge in [-0.25, -0.2) is 0 Å². The number of rotatable bonds is 2. The molecule has 23 heavy (non-hydrogen) atoms. The van der Waals surface area contributed by atoms with Crippen LogP contribution >= 0.6 is 0 Å². The molecule has 0 radical (unpaired) electrons. The van der Waals surface area contributed by atoms with Crippen LogP contribution in [0, 0.1) is 25.2 Å². The van der Waals surface area contributed by atoms with E-state index in [1.165, 1.54) is 17.5 Å². The third-order valence-electron chi connectivity index (χ3n) is 2.98. The highest BCUT2D eigenvalue weighted by Crippen LogP contribution is 2.25. The van der Waals surface area contributed by atoms with Gasteiger partial charge in [-0.3, -0.25) is 0 Å². The molecule has 0 fully saturated rings. The molecule has 0 saturated heterocycles. The van der Waals surface area contributed by atoms with Gasteiger partial charge in [0.05, 0.1) is 11.6 Å². The Hall–Kier alpha value is -2.27. The Kier molecular flexibility index (Phi) is 10.2. The van der Waals surface area contributed by atoms with Crippen molar-refractivity contribution >= 4 is 11.4 Å². The molecule has 0 saturated carbocycles. The van der Waals surface area contributed by atoms with Gasteiger partial charge >= 0.3 is 0 Å². The molecule has 0 aromatic heterocycles. The molecule has 2 heteroatoms. The minimum absolute atomic E-state index is 0.688. The molecule has 0 heterocycles. The first kappa shape index (κ1) is 20.7. The van der Waals surface area contributed by atoms with Gasteiger partial charge in [-0.05, 0) is 61.4 Å². The van der Waals surface area contributed by atoms with Crippen molar-refractivity contribution in [3.63, 3.8) is 0 Å². The molecule has 0 aliphatic heterocycles. The lowest BCUT2D eigenvalue weighted by Crippen LogP contribution is -2.09. The van der Waals surface area contributed by atoms with Crippen LogP contribution in [0.1, 0.15) is 50.8 Å². The van der Waals surface area contributed by atoms with Gasteiger partial charge in [0.2, 0.25) is 0 Å². The molecule has 0 amide bonds. The smallest absolute Gasteiger partial charge is 0.0991 e. The summed E-state index contributed by atoms with van der Waals surface area (Å²) in [6.07, 6.45) is 1.25. The highest BCUT2D eigenvalue weighted by atomic mass is 15.1. The molecule has 0 N–H and O–H groups in total. The lowest BCUT2D eigenvalue weighted by atomic mass is 10.1. The Balaban J connectivity index is 0.000000868. The summed E-state index contributed by atoms with van der Waals surface area (Å²) < 4.78 is 0. The Bertz CT molecular complexity index is 586. The summed E-state index contributed by atoms with van der Waals surface area (Å²) in [7, 11) is 2.04. The van der Waals surface area contributed by atoms with E-state index in [1.54, 1.807) is 0 Å². The third-order valence-corrected chi connectivity index (χ3v) is 2.98. The van der Waals surface area contributed by atoms with Gasteiger partial charge in [0.1, 0.15) is 0 Å². The predicted molar refractivity (Wildman–Crippen MR) is 102 cm³/mol. The van der Waals surface area contributed by atoms with Gasteiger partial charge in [-0.15, -0.1) is 0 Å². The van der Waals surface area contributed by atoms with E-state index in [0.29, 0.717) is 5.56 Å². The number of nitrogens with zero attached hydrogens (tertiary/aromatic N) is 2. The van der Waals surface area contributed by atoms with E-state index >= 15 is 0 Å². The maximum atomic E-state index is 8.79. The van der Waals surface area contributed by atoms with Crippen molar-refractivity contribution in [2.75, 3.05) is 11.9 Å². The van der Waals surface area contributed by atoms with E-state index in [0.717, 1.165) is 11.4 Å². The Morgan fingerprint density at radius 2 is 1.30 bits per heavy atom. The van der Waals surface area contributed by atoms with Crippen LogP contribution < -0.4 is 4.90 Å². The standard InChI is InChI=1S/C16H16N2.C3H8.C2H6/c1-12-8-13(2)10-16(9-12)18(3)15-6-4-14(11-17)5-7-15;1-3-2;1-2/h4-10H,1-3H3;3H2,1-2H3;1-2H3. The van der Waals surface area contributed by atoms with Gasteiger partial charge in [0.25, 0.3) is 0 Å². The van der Waals surface area contributed by atoms with E-state index in [2.05, 4.69) is 56.9 Å². The lowest BCUT2D eigenvalue weighted by Gasteiger charge is -2.20. The van der Waals surface area contributed by atoms with Gasteiger partial charge in [0, 0.05) is 18.4 Å². The van der Waals surface area contributed by atoms with Crippen LogP contribution in [0.5, 0.6) is 0 Å². The molecule has 2 nitrogen and oxygen atoms in total. The summed E-state index contributed by atoms with van der Waals surface area (Å²) >= 11 is 0. The zero-order valence-electron chi connectivity index (χ0n) is 15.6. The SMILES string of the molecule is CC.CCC.Cc1cc(C)cc(N(C)c2ccc(C#N)cc2)c1. The van der Waals surface area contributed by atoms with Crippen molar-refractivity contribution < 1.29 is 0 Å². The lowest BCUT2D eigenvalue weighted by molar-refractivity contribution is 1.09. The first-order chi connectivity index (χ1) is 11.0. The maximum absolute atomic E-state index is 8.79. The molecular formula is C21H30N2. The second kappa shape index (κ2) is 11.3. The summed E-state index contributed by atoms with van der Waals surface area (Å²) in [5.41, 5.74) is 5.44. The van der Waals surface area contributed by atoms with Crippen LogP contribution in [0.3, 0.4) is 0 Å².